The first-order chi connectivity index (χ1) is 9.97. The Hall–Kier alpha value is -2.97. The number of amides is 1. The van der Waals surface area contributed by atoms with Crippen molar-refractivity contribution in [3.63, 3.8) is 0 Å². The maximum Gasteiger partial charge on any atom is 0.300 e. The number of nitrogen functional groups attached to an aromatic ring is 1. The van der Waals surface area contributed by atoms with Gasteiger partial charge in [0.2, 0.25) is 0 Å². The van der Waals surface area contributed by atoms with Crippen molar-refractivity contribution in [2.45, 2.75) is 6.42 Å². The Kier molecular flexibility index (Phi) is 4.12. The lowest BCUT2D eigenvalue weighted by atomic mass is 10.2. The molecule has 0 saturated carbocycles. The number of nitro groups is 1. The smallest absolute Gasteiger partial charge is 0.300 e. The summed E-state index contributed by atoms with van der Waals surface area (Å²) in [6, 6.07) is 3.02. The molecule has 0 spiro atoms. The van der Waals surface area contributed by atoms with Crippen LogP contribution < -0.4 is 11.1 Å². The minimum absolute atomic E-state index is 0.0514. The summed E-state index contributed by atoms with van der Waals surface area (Å²) in [7, 11) is 1.80. The van der Waals surface area contributed by atoms with Crippen LogP contribution in [0.15, 0.2) is 24.5 Å². The predicted molar refractivity (Wildman–Crippen MR) is 74.5 cm³/mol. The quantitative estimate of drug-likeness (QED) is 0.601. The number of carbonyl (C=O) groups excluding carboxylic acids is 1. The van der Waals surface area contributed by atoms with Crippen LogP contribution in [-0.2, 0) is 13.5 Å². The number of hydrogen-bond acceptors (Lipinski definition) is 6. The number of rotatable bonds is 5. The molecule has 110 valence electrons. The fourth-order valence-electron chi connectivity index (χ4n) is 1.79. The van der Waals surface area contributed by atoms with E-state index in [0.717, 1.165) is 11.9 Å². The molecule has 0 aliphatic heterocycles. The molecule has 2 aromatic heterocycles. The van der Waals surface area contributed by atoms with Gasteiger partial charge in [-0.3, -0.25) is 19.6 Å². The molecule has 2 aromatic rings. The van der Waals surface area contributed by atoms with E-state index in [-0.39, 0.29) is 17.1 Å². The van der Waals surface area contributed by atoms with Crippen LogP contribution in [0.3, 0.4) is 0 Å². The summed E-state index contributed by atoms with van der Waals surface area (Å²) >= 11 is 0. The van der Waals surface area contributed by atoms with Crippen molar-refractivity contribution in [1.29, 1.82) is 0 Å². The summed E-state index contributed by atoms with van der Waals surface area (Å²) in [5.74, 6) is -0.512. The van der Waals surface area contributed by atoms with Crippen molar-refractivity contribution in [3.8, 4) is 0 Å². The minimum atomic E-state index is -0.667. The van der Waals surface area contributed by atoms with Gasteiger partial charge in [0, 0.05) is 26.2 Å². The summed E-state index contributed by atoms with van der Waals surface area (Å²) in [6.07, 6.45) is 3.30. The zero-order chi connectivity index (χ0) is 15.4. The highest BCUT2D eigenvalue weighted by atomic mass is 16.6. The zero-order valence-corrected chi connectivity index (χ0v) is 11.3. The maximum absolute atomic E-state index is 12.0. The van der Waals surface area contributed by atoms with Crippen LogP contribution in [0.1, 0.15) is 16.1 Å². The molecular formula is C12H14N6O3. The highest BCUT2D eigenvalue weighted by molar-refractivity contribution is 5.98. The van der Waals surface area contributed by atoms with Crippen LogP contribution in [0.4, 0.5) is 11.5 Å². The Morgan fingerprint density at radius 1 is 1.57 bits per heavy atom. The summed E-state index contributed by atoms with van der Waals surface area (Å²) in [5.41, 5.74) is 5.80. The fraction of sp³-hybridized carbons (Fsp3) is 0.250. The van der Waals surface area contributed by atoms with Crippen LogP contribution in [0.2, 0.25) is 0 Å². The third kappa shape index (κ3) is 3.53. The van der Waals surface area contributed by atoms with Gasteiger partial charge in [0.15, 0.2) is 0 Å². The van der Waals surface area contributed by atoms with Gasteiger partial charge in [0.05, 0.1) is 10.6 Å². The van der Waals surface area contributed by atoms with E-state index in [4.69, 9.17) is 5.73 Å². The molecule has 9 nitrogen and oxygen atoms in total. The Balaban J connectivity index is 2.03. The van der Waals surface area contributed by atoms with Gasteiger partial charge in [0.25, 0.3) is 11.6 Å². The number of hydrogen-bond donors (Lipinski definition) is 2. The van der Waals surface area contributed by atoms with Gasteiger partial charge in [-0.05, 0) is 12.1 Å². The molecule has 0 aliphatic rings. The highest BCUT2D eigenvalue weighted by Crippen LogP contribution is 2.18. The average molecular weight is 290 g/mol. The number of pyridine rings is 1. The lowest BCUT2D eigenvalue weighted by Crippen LogP contribution is -2.26. The highest BCUT2D eigenvalue weighted by Gasteiger charge is 2.20. The number of anilines is 1. The molecule has 21 heavy (non-hydrogen) atoms. The van der Waals surface area contributed by atoms with Gasteiger partial charge >= 0.3 is 0 Å². The van der Waals surface area contributed by atoms with Crippen molar-refractivity contribution in [2.75, 3.05) is 12.3 Å². The van der Waals surface area contributed by atoms with E-state index >= 15 is 0 Å². The van der Waals surface area contributed by atoms with Gasteiger partial charge < -0.3 is 11.1 Å². The molecule has 0 saturated heterocycles. The maximum atomic E-state index is 12.0. The van der Waals surface area contributed by atoms with Gasteiger partial charge in [-0.15, -0.1) is 0 Å². The molecular weight excluding hydrogens is 276 g/mol. The molecule has 0 aliphatic carbocycles. The molecule has 0 bridgehead atoms. The number of nitrogens with zero attached hydrogens (tertiary/aromatic N) is 4. The Labute approximate surface area is 119 Å². The van der Waals surface area contributed by atoms with Gasteiger partial charge in [0.1, 0.15) is 17.6 Å². The Bertz CT molecular complexity index is 681. The average Bonchev–Trinajstić information content (AvgIpc) is 2.84. The molecule has 9 heteroatoms. The van der Waals surface area contributed by atoms with E-state index in [0.29, 0.717) is 13.0 Å². The Morgan fingerprint density at radius 3 is 2.95 bits per heavy atom. The van der Waals surface area contributed by atoms with Gasteiger partial charge in [-0.1, -0.05) is 0 Å². The third-order valence-corrected chi connectivity index (χ3v) is 2.78. The molecule has 3 N–H and O–H groups in total. The second-order valence-corrected chi connectivity index (χ2v) is 4.37. The van der Waals surface area contributed by atoms with Crippen LogP contribution in [0.25, 0.3) is 0 Å². The van der Waals surface area contributed by atoms with Crippen molar-refractivity contribution >= 4 is 17.4 Å². The van der Waals surface area contributed by atoms with Crippen LogP contribution in [0, 0.1) is 10.1 Å². The van der Waals surface area contributed by atoms with Crippen molar-refractivity contribution in [3.05, 3.63) is 45.9 Å². The number of aryl methyl sites for hydroxylation is 1. The minimum Gasteiger partial charge on any atom is -0.384 e. The molecule has 2 heterocycles. The van der Waals surface area contributed by atoms with E-state index < -0.39 is 10.8 Å². The SMILES string of the molecule is Cn1ccc(CCNC(=O)c2cc(N)ncc2[N+](=O)[O-])n1. The second kappa shape index (κ2) is 5.99. The lowest BCUT2D eigenvalue weighted by molar-refractivity contribution is -0.385. The molecule has 0 radical (unpaired) electrons. The first-order valence-corrected chi connectivity index (χ1v) is 6.14. The van der Waals surface area contributed by atoms with Crippen molar-refractivity contribution in [2.24, 2.45) is 7.05 Å². The summed E-state index contributed by atoms with van der Waals surface area (Å²) in [4.78, 5) is 25.8. The zero-order valence-electron chi connectivity index (χ0n) is 11.3. The standard InChI is InChI=1S/C12H14N6O3/c1-17-5-3-8(16-17)2-4-14-12(19)9-6-11(13)15-7-10(9)18(20)21/h3,5-7H,2,4H2,1H3,(H2,13,15)(H,14,19). The molecule has 0 atom stereocenters. The van der Waals surface area contributed by atoms with E-state index in [1.165, 1.54) is 6.07 Å². The number of carbonyl (C=O) groups is 1. The first kappa shape index (κ1) is 14.4. The number of aromatic nitrogens is 3. The Morgan fingerprint density at radius 2 is 2.33 bits per heavy atom. The fourth-order valence-corrected chi connectivity index (χ4v) is 1.79. The van der Waals surface area contributed by atoms with Crippen LogP contribution in [0.5, 0.6) is 0 Å². The van der Waals surface area contributed by atoms with Crippen LogP contribution in [-0.4, -0.2) is 32.1 Å². The van der Waals surface area contributed by atoms with Crippen LogP contribution >= 0.6 is 0 Å². The van der Waals surface area contributed by atoms with E-state index in [1.807, 2.05) is 6.07 Å². The van der Waals surface area contributed by atoms with E-state index in [9.17, 15) is 14.9 Å². The largest absolute Gasteiger partial charge is 0.384 e. The predicted octanol–water partition coefficient (Wildman–Crippen LogP) is 0.278. The lowest BCUT2D eigenvalue weighted by Gasteiger charge is -2.05. The van der Waals surface area contributed by atoms with E-state index in [1.54, 1.807) is 17.9 Å². The molecule has 0 fully saturated rings. The number of nitrogens with one attached hydrogen (secondary N) is 1. The topological polar surface area (TPSA) is 129 Å². The summed E-state index contributed by atoms with van der Waals surface area (Å²) < 4.78 is 1.66. The molecule has 1 amide bonds. The second-order valence-electron chi connectivity index (χ2n) is 4.37. The molecule has 2 rings (SSSR count). The van der Waals surface area contributed by atoms with Crippen molar-refractivity contribution in [1.82, 2.24) is 20.1 Å². The summed E-state index contributed by atoms with van der Waals surface area (Å²) in [5, 5.41) is 17.6. The van der Waals surface area contributed by atoms with Gasteiger partial charge in [-0.2, -0.15) is 5.10 Å². The number of nitrogens with two attached hydrogens (primary N) is 1. The van der Waals surface area contributed by atoms with Crippen molar-refractivity contribution < 1.29 is 9.72 Å². The normalized spacial score (nSPS) is 10.3. The summed E-state index contributed by atoms with van der Waals surface area (Å²) in [6.45, 7) is 0.315. The molecule has 0 unspecified atom stereocenters. The van der Waals surface area contributed by atoms with Gasteiger partial charge in [-0.25, -0.2) is 4.98 Å². The third-order valence-electron chi connectivity index (χ3n) is 2.78. The molecule has 0 aromatic carbocycles. The van der Waals surface area contributed by atoms with E-state index in [2.05, 4.69) is 15.4 Å². The monoisotopic (exact) mass is 290 g/mol. The first-order valence-electron chi connectivity index (χ1n) is 6.14.